The van der Waals surface area contributed by atoms with Crippen LogP contribution in [-0.2, 0) is 14.6 Å². The maximum absolute atomic E-state index is 12.7. The highest BCUT2D eigenvalue weighted by Gasteiger charge is 2.38. The van der Waals surface area contributed by atoms with Gasteiger partial charge >= 0.3 is 0 Å². The minimum Gasteiger partial charge on any atom is -0.339 e. The summed E-state index contributed by atoms with van der Waals surface area (Å²) in [6, 6.07) is -0.133. The number of carbonyl (C=O) groups excluding carboxylic acids is 1. The number of rotatable bonds is 5. The van der Waals surface area contributed by atoms with Crippen molar-refractivity contribution in [1.82, 2.24) is 4.90 Å². The van der Waals surface area contributed by atoms with Crippen molar-refractivity contribution in [1.29, 1.82) is 0 Å². The quantitative estimate of drug-likeness (QED) is 0.829. The average Bonchev–Trinajstić information content (AvgIpc) is 2.80. The molecule has 0 bridgehead atoms. The van der Waals surface area contributed by atoms with Crippen LogP contribution < -0.4 is 5.73 Å². The number of nitrogens with two attached hydrogens (primary N) is 1. The fourth-order valence-corrected chi connectivity index (χ4v) is 5.57. The molecule has 0 spiro atoms. The molecule has 21 heavy (non-hydrogen) atoms. The predicted octanol–water partition coefficient (Wildman–Crippen LogP) is 1.32. The summed E-state index contributed by atoms with van der Waals surface area (Å²) < 4.78 is 23.3. The standard InChI is InChI=1S/C15H28N2O3S/c1-2-17(13-6-9-21(19,20)11-13)14(18)10-15(12-16)7-4-3-5-8-15/h13H,2-12,16H2,1H3. The van der Waals surface area contributed by atoms with Crippen molar-refractivity contribution >= 4 is 15.7 Å². The van der Waals surface area contributed by atoms with E-state index in [9.17, 15) is 13.2 Å². The van der Waals surface area contributed by atoms with Gasteiger partial charge in [0.15, 0.2) is 9.84 Å². The molecule has 1 unspecified atom stereocenters. The summed E-state index contributed by atoms with van der Waals surface area (Å²) in [7, 11) is -2.96. The summed E-state index contributed by atoms with van der Waals surface area (Å²) in [5.74, 6) is 0.429. The lowest BCUT2D eigenvalue weighted by Crippen LogP contribution is -2.45. The molecule has 2 N–H and O–H groups in total. The van der Waals surface area contributed by atoms with Gasteiger partial charge in [-0.25, -0.2) is 8.42 Å². The van der Waals surface area contributed by atoms with E-state index >= 15 is 0 Å². The lowest BCUT2D eigenvalue weighted by Gasteiger charge is -2.38. The van der Waals surface area contributed by atoms with Crippen LogP contribution in [-0.4, -0.2) is 49.9 Å². The van der Waals surface area contributed by atoms with E-state index in [1.165, 1.54) is 6.42 Å². The summed E-state index contributed by atoms with van der Waals surface area (Å²) in [5, 5.41) is 0. The third-order valence-electron chi connectivity index (χ3n) is 5.18. The smallest absolute Gasteiger partial charge is 0.223 e. The fourth-order valence-electron chi connectivity index (χ4n) is 3.84. The second-order valence-corrected chi connectivity index (χ2v) is 8.91. The van der Waals surface area contributed by atoms with Crippen LogP contribution in [0.3, 0.4) is 0 Å². The first-order chi connectivity index (χ1) is 9.91. The lowest BCUT2D eigenvalue weighted by atomic mass is 9.71. The van der Waals surface area contributed by atoms with Gasteiger partial charge in [0.05, 0.1) is 11.5 Å². The van der Waals surface area contributed by atoms with Crippen LogP contribution in [0.25, 0.3) is 0 Å². The number of sulfone groups is 1. The maximum atomic E-state index is 12.7. The number of hydrogen-bond donors (Lipinski definition) is 1. The normalized spacial score (nSPS) is 27.4. The van der Waals surface area contributed by atoms with E-state index in [-0.39, 0.29) is 28.9 Å². The van der Waals surface area contributed by atoms with Gasteiger partial charge in [-0.15, -0.1) is 0 Å². The zero-order valence-corrected chi connectivity index (χ0v) is 13.8. The largest absolute Gasteiger partial charge is 0.339 e. The highest BCUT2D eigenvalue weighted by molar-refractivity contribution is 7.91. The highest BCUT2D eigenvalue weighted by atomic mass is 32.2. The molecule has 2 fully saturated rings. The molecule has 1 aliphatic carbocycles. The van der Waals surface area contributed by atoms with Gasteiger partial charge in [-0.3, -0.25) is 4.79 Å². The third-order valence-corrected chi connectivity index (χ3v) is 6.93. The van der Waals surface area contributed by atoms with E-state index in [1.807, 2.05) is 6.92 Å². The van der Waals surface area contributed by atoms with Crippen LogP contribution in [0.15, 0.2) is 0 Å². The Hall–Kier alpha value is -0.620. The van der Waals surface area contributed by atoms with Crippen molar-refractivity contribution in [2.45, 2.75) is 57.9 Å². The van der Waals surface area contributed by atoms with E-state index in [0.29, 0.717) is 25.9 Å². The van der Waals surface area contributed by atoms with Crippen LogP contribution in [0.1, 0.15) is 51.9 Å². The minimum absolute atomic E-state index is 0.0553. The number of carbonyl (C=O) groups is 1. The highest BCUT2D eigenvalue weighted by Crippen LogP contribution is 2.39. The monoisotopic (exact) mass is 316 g/mol. The first kappa shape index (κ1) is 16.7. The summed E-state index contributed by atoms with van der Waals surface area (Å²) in [4.78, 5) is 14.5. The molecule has 1 amide bonds. The topological polar surface area (TPSA) is 80.5 Å². The molecule has 0 aromatic heterocycles. The van der Waals surface area contributed by atoms with Gasteiger partial charge in [0.2, 0.25) is 5.91 Å². The summed E-state index contributed by atoms with van der Waals surface area (Å²) in [6.45, 7) is 3.07. The molecular formula is C15H28N2O3S. The molecule has 1 heterocycles. The Kier molecular flexibility index (Phi) is 5.30. The van der Waals surface area contributed by atoms with Crippen LogP contribution in [0.2, 0.25) is 0 Å². The molecule has 2 aliphatic rings. The molecule has 2 rings (SSSR count). The van der Waals surface area contributed by atoms with Gasteiger partial charge in [-0.05, 0) is 38.1 Å². The molecule has 1 atom stereocenters. The van der Waals surface area contributed by atoms with Gasteiger partial charge in [0, 0.05) is 19.0 Å². The van der Waals surface area contributed by atoms with Crippen LogP contribution in [0.4, 0.5) is 0 Å². The number of hydrogen-bond acceptors (Lipinski definition) is 4. The Morgan fingerprint density at radius 2 is 1.95 bits per heavy atom. The van der Waals surface area contributed by atoms with E-state index in [2.05, 4.69) is 0 Å². The van der Waals surface area contributed by atoms with E-state index < -0.39 is 9.84 Å². The first-order valence-electron chi connectivity index (χ1n) is 8.11. The molecule has 0 radical (unpaired) electrons. The zero-order valence-electron chi connectivity index (χ0n) is 13.0. The average molecular weight is 316 g/mol. The van der Waals surface area contributed by atoms with Gasteiger partial charge in [0.1, 0.15) is 0 Å². The predicted molar refractivity (Wildman–Crippen MR) is 83.6 cm³/mol. The molecule has 1 saturated heterocycles. The Labute approximate surface area is 128 Å². The third kappa shape index (κ3) is 3.97. The van der Waals surface area contributed by atoms with Crippen molar-refractivity contribution in [3.05, 3.63) is 0 Å². The van der Waals surface area contributed by atoms with E-state index in [4.69, 9.17) is 5.73 Å². The van der Waals surface area contributed by atoms with Crippen molar-refractivity contribution in [3.63, 3.8) is 0 Å². The SMILES string of the molecule is CCN(C(=O)CC1(CN)CCCCC1)C1CCS(=O)(=O)C1. The van der Waals surface area contributed by atoms with Crippen molar-refractivity contribution in [2.75, 3.05) is 24.6 Å². The Morgan fingerprint density at radius 3 is 2.43 bits per heavy atom. The first-order valence-corrected chi connectivity index (χ1v) is 9.93. The van der Waals surface area contributed by atoms with Crippen LogP contribution in [0.5, 0.6) is 0 Å². The summed E-state index contributed by atoms with van der Waals surface area (Å²) >= 11 is 0. The lowest BCUT2D eigenvalue weighted by molar-refractivity contribution is -0.135. The molecule has 1 aliphatic heterocycles. The number of amides is 1. The van der Waals surface area contributed by atoms with Crippen LogP contribution in [0, 0.1) is 5.41 Å². The van der Waals surface area contributed by atoms with E-state index in [1.54, 1.807) is 4.90 Å². The van der Waals surface area contributed by atoms with E-state index in [0.717, 1.165) is 25.7 Å². The Morgan fingerprint density at radius 1 is 1.29 bits per heavy atom. The fraction of sp³-hybridized carbons (Fsp3) is 0.933. The van der Waals surface area contributed by atoms with Crippen molar-refractivity contribution < 1.29 is 13.2 Å². The molecular weight excluding hydrogens is 288 g/mol. The second kappa shape index (κ2) is 6.65. The van der Waals surface area contributed by atoms with Gasteiger partial charge < -0.3 is 10.6 Å². The maximum Gasteiger partial charge on any atom is 0.223 e. The molecule has 0 aromatic carbocycles. The molecule has 6 heteroatoms. The molecule has 1 saturated carbocycles. The Bertz CT molecular complexity index is 469. The van der Waals surface area contributed by atoms with Gasteiger partial charge in [-0.1, -0.05) is 19.3 Å². The summed E-state index contributed by atoms with van der Waals surface area (Å²) in [5.41, 5.74) is 5.90. The molecule has 0 aromatic rings. The summed E-state index contributed by atoms with van der Waals surface area (Å²) in [6.07, 6.45) is 6.63. The molecule has 122 valence electrons. The molecule has 5 nitrogen and oxygen atoms in total. The van der Waals surface area contributed by atoms with Crippen molar-refractivity contribution in [2.24, 2.45) is 11.1 Å². The number of nitrogens with zero attached hydrogens (tertiary/aromatic N) is 1. The Balaban J connectivity index is 2.03. The second-order valence-electron chi connectivity index (χ2n) is 6.68. The van der Waals surface area contributed by atoms with Crippen molar-refractivity contribution in [3.8, 4) is 0 Å². The zero-order chi connectivity index (χ0) is 15.5. The van der Waals surface area contributed by atoms with Gasteiger partial charge in [0.25, 0.3) is 0 Å². The van der Waals surface area contributed by atoms with Gasteiger partial charge in [-0.2, -0.15) is 0 Å². The minimum atomic E-state index is -2.96. The van der Waals surface area contributed by atoms with Crippen LogP contribution >= 0.6 is 0 Å².